The summed E-state index contributed by atoms with van der Waals surface area (Å²) in [6.07, 6.45) is 2.92. The summed E-state index contributed by atoms with van der Waals surface area (Å²) in [7, 11) is -3.62. The highest BCUT2D eigenvalue weighted by Gasteiger charge is 2.38. The van der Waals surface area contributed by atoms with Crippen molar-refractivity contribution in [2.24, 2.45) is 10.9 Å². The molecule has 0 radical (unpaired) electrons. The molecule has 10 heteroatoms. The minimum atomic E-state index is -3.62. The lowest BCUT2D eigenvalue weighted by atomic mass is 10.0. The summed E-state index contributed by atoms with van der Waals surface area (Å²) in [4.78, 5) is 27.9. The molecule has 0 aromatic heterocycles. The van der Waals surface area contributed by atoms with Crippen LogP contribution in [0.4, 0.5) is 0 Å². The van der Waals surface area contributed by atoms with Gasteiger partial charge in [0.1, 0.15) is 12.1 Å². The molecule has 0 saturated carbocycles. The lowest BCUT2D eigenvalue weighted by Gasteiger charge is -2.28. The number of carbonyl (C=O) groups excluding carboxylic acids is 2. The predicted molar refractivity (Wildman–Crippen MR) is 131 cm³/mol. The highest BCUT2D eigenvalue weighted by molar-refractivity contribution is 7.89. The number of nitrogens with zero attached hydrogens (tertiary/aromatic N) is 2. The molecule has 4 N–H and O–H groups in total. The van der Waals surface area contributed by atoms with Gasteiger partial charge in [0.2, 0.25) is 21.8 Å². The Bertz CT molecular complexity index is 1120. The number of nitrogens with one attached hydrogen (secondary N) is 2. The quantitative estimate of drug-likeness (QED) is 0.264. The van der Waals surface area contributed by atoms with Crippen LogP contribution < -0.4 is 15.9 Å². The van der Waals surface area contributed by atoms with E-state index in [0.29, 0.717) is 25.9 Å². The second kappa shape index (κ2) is 11.8. The maximum absolute atomic E-state index is 13.4. The van der Waals surface area contributed by atoms with Crippen LogP contribution in [0.1, 0.15) is 36.5 Å². The van der Waals surface area contributed by atoms with Crippen molar-refractivity contribution in [3.8, 4) is 0 Å². The highest BCUT2D eigenvalue weighted by atomic mass is 32.2. The summed E-state index contributed by atoms with van der Waals surface area (Å²) in [5.41, 5.74) is 2.53. The van der Waals surface area contributed by atoms with Crippen molar-refractivity contribution in [2.45, 2.75) is 44.8 Å². The van der Waals surface area contributed by atoms with E-state index in [4.69, 9.17) is 5.84 Å². The summed E-state index contributed by atoms with van der Waals surface area (Å²) < 4.78 is 27.1. The molecular weight excluding hydrogens is 454 g/mol. The molecule has 1 aliphatic rings. The first kappa shape index (κ1) is 25.4. The molecule has 34 heavy (non-hydrogen) atoms. The number of hydrazone groups is 1. The third-order valence-electron chi connectivity index (χ3n) is 5.76. The van der Waals surface area contributed by atoms with Crippen LogP contribution in [0.2, 0.25) is 0 Å². The van der Waals surface area contributed by atoms with Crippen LogP contribution in [0, 0.1) is 0 Å². The number of sulfonamides is 1. The van der Waals surface area contributed by atoms with Gasteiger partial charge in [-0.1, -0.05) is 48.5 Å². The Kier molecular flexibility index (Phi) is 8.78. The van der Waals surface area contributed by atoms with E-state index in [-0.39, 0.29) is 24.0 Å². The fraction of sp³-hybridized carbons (Fsp3) is 0.375. The zero-order chi connectivity index (χ0) is 24.6. The highest BCUT2D eigenvalue weighted by Crippen LogP contribution is 2.20. The zero-order valence-corrected chi connectivity index (χ0v) is 20.0. The Morgan fingerprint density at radius 2 is 1.91 bits per heavy atom. The van der Waals surface area contributed by atoms with Gasteiger partial charge in [0.05, 0.1) is 12.0 Å². The van der Waals surface area contributed by atoms with Crippen molar-refractivity contribution in [3.63, 3.8) is 0 Å². The first-order valence-electron chi connectivity index (χ1n) is 11.3. The minimum absolute atomic E-state index is 0.136. The molecule has 1 fully saturated rings. The molecule has 1 aliphatic heterocycles. The zero-order valence-electron chi connectivity index (χ0n) is 19.2. The van der Waals surface area contributed by atoms with Gasteiger partial charge in [-0.25, -0.2) is 13.1 Å². The van der Waals surface area contributed by atoms with E-state index in [9.17, 15) is 18.0 Å². The van der Waals surface area contributed by atoms with E-state index >= 15 is 0 Å². The van der Waals surface area contributed by atoms with Crippen LogP contribution >= 0.6 is 0 Å². The van der Waals surface area contributed by atoms with Crippen molar-refractivity contribution in [1.82, 2.24) is 14.9 Å². The van der Waals surface area contributed by atoms with Crippen LogP contribution in [-0.4, -0.2) is 55.7 Å². The van der Waals surface area contributed by atoms with Gasteiger partial charge in [-0.2, -0.15) is 5.10 Å². The first-order chi connectivity index (χ1) is 16.3. The van der Waals surface area contributed by atoms with E-state index in [0.717, 1.165) is 16.7 Å². The first-order valence-corrected chi connectivity index (χ1v) is 12.9. The summed E-state index contributed by atoms with van der Waals surface area (Å²) in [6.45, 7) is 2.21. The fourth-order valence-corrected chi connectivity index (χ4v) is 4.79. The SMILES string of the molecule is CCS(=O)(=O)N[C@H](Cc1ccccc1)C(=O)N1CCC[C@H]1C(=O)NCc1cccc(C=NN)c1. The maximum atomic E-state index is 13.4. The van der Waals surface area contributed by atoms with Gasteiger partial charge in [-0.05, 0) is 48.9 Å². The Hall–Kier alpha value is -3.24. The maximum Gasteiger partial charge on any atom is 0.243 e. The number of hydrogen-bond donors (Lipinski definition) is 3. The van der Waals surface area contributed by atoms with E-state index in [1.54, 1.807) is 0 Å². The lowest BCUT2D eigenvalue weighted by molar-refractivity contribution is -0.139. The molecule has 1 heterocycles. The lowest BCUT2D eigenvalue weighted by Crippen LogP contribution is -2.54. The van der Waals surface area contributed by atoms with Crippen LogP contribution in [0.25, 0.3) is 0 Å². The number of benzene rings is 2. The average molecular weight is 486 g/mol. The number of nitrogens with two attached hydrogens (primary N) is 1. The molecule has 0 spiro atoms. The minimum Gasteiger partial charge on any atom is -0.350 e. The molecular formula is C24H31N5O4S. The molecule has 9 nitrogen and oxygen atoms in total. The second-order valence-electron chi connectivity index (χ2n) is 8.19. The molecule has 2 aromatic carbocycles. The van der Waals surface area contributed by atoms with Crippen LogP contribution in [0.5, 0.6) is 0 Å². The van der Waals surface area contributed by atoms with Crippen LogP contribution in [-0.2, 0) is 32.6 Å². The molecule has 0 unspecified atom stereocenters. The van der Waals surface area contributed by atoms with E-state index in [1.807, 2.05) is 54.6 Å². The van der Waals surface area contributed by atoms with Gasteiger partial charge >= 0.3 is 0 Å². The van der Waals surface area contributed by atoms with Crippen molar-refractivity contribution >= 4 is 28.1 Å². The molecule has 1 saturated heterocycles. The van der Waals surface area contributed by atoms with Gasteiger partial charge < -0.3 is 16.1 Å². The molecule has 2 atom stereocenters. The van der Waals surface area contributed by atoms with Gasteiger partial charge in [0, 0.05) is 13.1 Å². The number of hydrogen-bond acceptors (Lipinski definition) is 6. The van der Waals surface area contributed by atoms with E-state index in [1.165, 1.54) is 18.0 Å². The predicted octanol–water partition coefficient (Wildman–Crippen LogP) is 1.14. The van der Waals surface area contributed by atoms with Crippen molar-refractivity contribution in [3.05, 3.63) is 71.3 Å². The molecule has 3 rings (SSSR count). The normalized spacial score (nSPS) is 17.1. The van der Waals surface area contributed by atoms with E-state index < -0.39 is 22.1 Å². The van der Waals surface area contributed by atoms with Crippen LogP contribution in [0.3, 0.4) is 0 Å². The van der Waals surface area contributed by atoms with Crippen molar-refractivity contribution in [2.75, 3.05) is 12.3 Å². The Balaban J connectivity index is 1.71. The standard InChI is InChI=1S/C24H31N5O4S/c1-2-34(32,33)28-21(15-18-8-4-3-5-9-18)24(31)29-13-7-12-22(29)23(30)26-16-19-10-6-11-20(14-19)17-27-25/h3-6,8-11,14,17,21-22,28H,2,7,12-13,15-16,25H2,1H3,(H,26,30)/t21-,22+/m1/s1. The third-order valence-corrected chi connectivity index (χ3v) is 7.17. The van der Waals surface area contributed by atoms with Gasteiger partial charge in [-0.15, -0.1) is 0 Å². The number of rotatable bonds is 10. The van der Waals surface area contributed by atoms with Crippen LogP contribution in [0.15, 0.2) is 59.7 Å². The van der Waals surface area contributed by atoms with Gasteiger partial charge in [0.15, 0.2) is 0 Å². The number of carbonyl (C=O) groups is 2. The topological polar surface area (TPSA) is 134 Å². The smallest absolute Gasteiger partial charge is 0.243 e. The molecule has 182 valence electrons. The van der Waals surface area contributed by atoms with Crippen molar-refractivity contribution < 1.29 is 18.0 Å². The van der Waals surface area contributed by atoms with Gasteiger partial charge in [-0.3, -0.25) is 9.59 Å². The second-order valence-corrected chi connectivity index (χ2v) is 10.2. The Labute approximate surface area is 200 Å². The van der Waals surface area contributed by atoms with Gasteiger partial charge in [0.25, 0.3) is 0 Å². The van der Waals surface area contributed by atoms with Crippen molar-refractivity contribution in [1.29, 1.82) is 0 Å². The monoisotopic (exact) mass is 485 g/mol. The number of amides is 2. The Morgan fingerprint density at radius 1 is 1.18 bits per heavy atom. The molecule has 2 aromatic rings. The summed E-state index contributed by atoms with van der Waals surface area (Å²) in [5.74, 6) is 4.41. The summed E-state index contributed by atoms with van der Waals surface area (Å²) in [5, 5.41) is 6.40. The average Bonchev–Trinajstić information content (AvgIpc) is 3.33. The third kappa shape index (κ3) is 6.88. The Morgan fingerprint density at radius 3 is 2.62 bits per heavy atom. The number of likely N-dealkylation sites (tertiary alicyclic amines) is 1. The fourth-order valence-electron chi connectivity index (χ4n) is 4.01. The van der Waals surface area contributed by atoms with E-state index in [2.05, 4.69) is 15.1 Å². The summed E-state index contributed by atoms with van der Waals surface area (Å²) in [6, 6.07) is 15.0. The largest absolute Gasteiger partial charge is 0.350 e. The summed E-state index contributed by atoms with van der Waals surface area (Å²) >= 11 is 0. The molecule has 0 bridgehead atoms. The molecule has 2 amide bonds. The molecule has 0 aliphatic carbocycles.